The van der Waals surface area contributed by atoms with Crippen molar-refractivity contribution in [2.24, 2.45) is 0 Å². The molecule has 0 N–H and O–H groups in total. The molecule has 2 aromatic rings. The van der Waals surface area contributed by atoms with Gasteiger partial charge < -0.3 is 0 Å². The molecule has 0 nitrogen and oxygen atoms in total. The van der Waals surface area contributed by atoms with Gasteiger partial charge in [-0.3, -0.25) is 0 Å². The van der Waals surface area contributed by atoms with Gasteiger partial charge in [-0.1, -0.05) is 110 Å². The summed E-state index contributed by atoms with van der Waals surface area (Å²) < 4.78 is 0. The van der Waals surface area contributed by atoms with Gasteiger partial charge in [-0.25, -0.2) is 0 Å². The van der Waals surface area contributed by atoms with Crippen LogP contribution in [-0.2, 0) is 0 Å². The summed E-state index contributed by atoms with van der Waals surface area (Å²) in [6.45, 7) is 18.5. The molecule has 0 aliphatic carbocycles. The molecule has 0 fully saturated rings. The predicted molar refractivity (Wildman–Crippen MR) is 103 cm³/mol. The van der Waals surface area contributed by atoms with Crippen LogP contribution in [0.2, 0.25) is 0 Å². The van der Waals surface area contributed by atoms with Gasteiger partial charge in [0.05, 0.1) is 0 Å². The lowest BCUT2D eigenvalue weighted by Gasteiger charge is -1.88. The molecule has 0 spiro atoms. The van der Waals surface area contributed by atoms with Crippen LogP contribution in [0.1, 0.15) is 25.0 Å². The van der Waals surface area contributed by atoms with Crippen LogP contribution in [0.25, 0.3) is 12.2 Å². The minimum atomic E-state index is 1.06. The van der Waals surface area contributed by atoms with Crippen LogP contribution in [0.5, 0.6) is 0 Å². The van der Waals surface area contributed by atoms with Crippen molar-refractivity contribution in [2.75, 3.05) is 0 Å². The van der Waals surface area contributed by atoms with Gasteiger partial charge in [0.1, 0.15) is 0 Å². The zero-order valence-electron chi connectivity index (χ0n) is 13.8. The molecule has 0 aromatic heterocycles. The molecular formula is C22H26. The maximum Gasteiger partial charge on any atom is -0.0263 e. The number of hydrogen-bond acceptors (Lipinski definition) is 0. The van der Waals surface area contributed by atoms with E-state index >= 15 is 0 Å². The predicted octanol–water partition coefficient (Wildman–Crippen LogP) is 6.80. The van der Waals surface area contributed by atoms with Crippen molar-refractivity contribution in [2.45, 2.75) is 13.8 Å². The molecule has 2 rings (SSSR count). The Bertz CT molecular complexity index is 518. The number of hydrogen-bond donors (Lipinski definition) is 0. The summed E-state index contributed by atoms with van der Waals surface area (Å²) in [6, 6.07) is 20.1. The fraction of sp³-hybridized carbons (Fsp3) is 0.0909. The summed E-state index contributed by atoms with van der Waals surface area (Å²) in [5.74, 6) is 0. The Labute approximate surface area is 135 Å². The molecule has 0 atom stereocenters. The van der Waals surface area contributed by atoms with E-state index in [-0.39, 0.29) is 0 Å². The van der Waals surface area contributed by atoms with E-state index in [2.05, 4.69) is 26.3 Å². The Morgan fingerprint density at radius 3 is 1.05 bits per heavy atom. The lowest BCUT2D eigenvalue weighted by atomic mass is 10.2. The summed E-state index contributed by atoms with van der Waals surface area (Å²) in [6.07, 6.45) is 3.67. The van der Waals surface area contributed by atoms with Gasteiger partial charge in [0.15, 0.2) is 0 Å². The Balaban J connectivity index is 0.000000306. The van der Waals surface area contributed by atoms with E-state index in [1.54, 1.807) is 0 Å². The first-order chi connectivity index (χ1) is 10.5. The second-order valence-corrected chi connectivity index (χ2v) is 4.79. The van der Waals surface area contributed by atoms with Crippen molar-refractivity contribution >= 4 is 12.2 Å². The number of rotatable bonds is 3. The first kappa shape index (κ1) is 19.4. The van der Waals surface area contributed by atoms with Crippen LogP contribution in [-0.4, -0.2) is 0 Å². The topological polar surface area (TPSA) is 0 Å². The van der Waals surface area contributed by atoms with E-state index in [0.717, 1.165) is 11.1 Å². The third kappa shape index (κ3) is 10.2. The summed E-state index contributed by atoms with van der Waals surface area (Å²) in [5.41, 5.74) is 4.48. The highest BCUT2D eigenvalue weighted by atomic mass is 13.8. The van der Waals surface area contributed by atoms with Crippen LogP contribution in [0.15, 0.2) is 98.1 Å². The quantitative estimate of drug-likeness (QED) is 0.545. The molecule has 2 aromatic carbocycles. The van der Waals surface area contributed by atoms with Gasteiger partial charge in [0, 0.05) is 0 Å². The lowest BCUT2D eigenvalue weighted by Crippen LogP contribution is -1.67. The van der Waals surface area contributed by atoms with Crippen molar-refractivity contribution in [3.8, 4) is 0 Å². The Kier molecular flexibility index (Phi) is 10.7. The molecule has 0 unspecified atom stereocenters. The fourth-order valence-corrected chi connectivity index (χ4v) is 1.18. The standard InChI is InChI=1S/2C8H8.C6H10/c2*1-2-8-6-4-3-5-7-8;1-5(2)6(3)4/h2*2-7H,1H2;1,3H2,2,4H3. The summed E-state index contributed by atoms with van der Waals surface area (Å²) in [5, 5.41) is 0. The maximum absolute atomic E-state index is 3.66. The number of benzene rings is 2. The molecule has 0 heterocycles. The molecule has 114 valence electrons. The Morgan fingerprint density at radius 2 is 0.909 bits per heavy atom. The van der Waals surface area contributed by atoms with E-state index in [4.69, 9.17) is 0 Å². The average molecular weight is 290 g/mol. The monoisotopic (exact) mass is 290 g/mol. The zero-order chi connectivity index (χ0) is 16.8. The van der Waals surface area contributed by atoms with Crippen molar-refractivity contribution in [3.63, 3.8) is 0 Å². The second kappa shape index (κ2) is 12.2. The molecule has 0 amide bonds. The van der Waals surface area contributed by atoms with Crippen molar-refractivity contribution in [1.82, 2.24) is 0 Å². The van der Waals surface area contributed by atoms with Crippen LogP contribution < -0.4 is 0 Å². The molecular weight excluding hydrogens is 264 g/mol. The molecule has 22 heavy (non-hydrogen) atoms. The highest BCUT2D eigenvalue weighted by Crippen LogP contribution is 1.99. The van der Waals surface area contributed by atoms with Crippen LogP contribution in [0.4, 0.5) is 0 Å². The number of allylic oxidation sites excluding steroid dienone is 2. The summed E-state index contributed by atoms with van der Waals surface area (Å²) in [4.78, 5) is 0. The summed E-state index contributed by atoms with van der Waals surface area (Å²) >= 11 is 0. The van der Waals surface area contributed by atoms with Crippen molar-refractivity contribution in [1.29, 1.82) is 0 Å². The van der Waals surface area contributed by atoms with Crippen molar-refractivity contribution < 1.29 is 0 Å². The van der Waals surface area contributed by atoms with Crippen LogP contribution in [0, 0.1) is 0 Å². The van der Waals surface area contributed by atoms with E-state index in [9.17, 15) is 0 Å². The van der Waals surface area contributed by atoms with Gasteiger partial charge in [-0.05, 0) is 25.0 Å². The largest absolute Gasteiger partial charge is 0.0985 e. The second-order valence-electron chi connectivity index (χ2n) is 4.79. The first-order valence-corrected chi connectivity index (χ1v) is 7.17. The zero-order valence-corrected chi connectivity index (χ0v) is 13.8. The van der Waals surface area contributed by atoms with Crippen molar-refractivity contribution in [3.05, 3.63) is 109 Å². The molecule has 0 aliphatic heterocycles. The molecule has 0 bridgehead atoms. The molecule has 0 saturated heterocycles. The van der Waals surface area contributed by atoms with Gasteiger partial charge in [-0.15, -0.1) is 0 Å². The third-order valence-electron chi connectivity index (χ3n) is 2.80. The van der Waals surface area contributed by atoms with E-state index < -0.39 is 0 Å². The normalized spacial score (nSPS) is 8.27. The maximum atomic E-state index is 3.66. The van der Waals surface area contributed by atoms with E-state index in [1.165, 1.54) is 11.1 Å². The van der Waals surface area contributed by atoms with Crippen LogP contribution >= 0.6 is 0 Å². The third-order valence-corrected chi connectivity index (χ3v) is 2.80. The lowest BCUT2D eigenvalue weighted by molar-refractivity contribution is 1.39. The molecule has 0 heteroatoms. The summed E-state index contributed by atoms with van der Waals surface area (Å²) in [7, 11) is 0. The SMILES string of the molecule is C=C(C)C(=C)C.C=Cc1ccccc1.C=Cc1ccccc1. The smallest absolute Gasteiger partial charge is 0.0263 e. The van der Waals surface area contributed by atoms with E-state index in [1.807, 2.05) is 86.7 Å². The van der Waals surface area contributed by atoms with Gasteiger partial charge >= 0.3 is 0 Å². The minimum Gasteiger partial charge on any atom is -0.0985 e. The Hall–Kier alpha value is -2.60. The van der Waals surface area contributed by atoms with Gasteiger partial charge in [0.2, 0.25) is 0 Å². The highest BCUT2D eigenvalue weighted by molar-refractivity contribution is 5.46. The van der Waals surface area contributed by atoms with Gasteiger partial charge in [-0.2, -0.15) is 0 Å². The minimum absolute atomic E-state index is 1.06. The van der Waals surface area contributed by atoms with Crippen LogP contribution in [0.3, 0.4) is 0 Å². The molecule has 0 aliphatic rings. The molecule has 0 saturated carbocycles. The molecule has 0 radical (unpaired) electrons. The average Bonchev–Trinajstić information content (AvgIpc) is 2.57. The first-order valence-electron chi connectivity index (χ1n) is 7.17. The fourth-order valence-electron chi connectivity index (χ4n) is 1.18. The van der Waals surface area contributed by atoms with E-state index in [0.29, 0.717) is 0 Å². The van der Waals surface area contributed by atoms with Gasteiger partial charge in [0.25, 0.3) is 0 Å². The highest BCUT2D eigenvalue weighted by Gasteiger charge is 1.77. The Morgan fingerprint density at radius 1 is 0.636 bits per heavy atom.